The van der Waals surface area contributed by atoms with Gasteiger partial charge in [0.1, 0.15) is 17.5 Å². The third kappa shape index (κ3) is 4.30. The van der Waals surface area contributed by atoms with Gasteiger partial charge in [0.05, 0.1) is 14.2 Å². The summed E-state index contributed by atoms with van der Waals surface area (Å²) in [7, 11) is 3.23. The van der Waals surface area contributed by atoms with Crippen LogP contribution in [-0.2, 0) is 17.6 Å². The molecule has 2 amide bonds. The summed E-state index contributed by atoms with van der Waals surface area (Å²) < 4.78 is 10.7. The molecule has 1 aliphatic rings. The molecule has 3 aromatic carbocycles. The summed E-state index contributed by atoms with van der Waals surface area (Å²) in [6.45, 7) is 0.419. The minimum absolute atomic E-state index is 0.174. The van der Waals surface area contributed by atoms with Crippen LogP contribution >= 0.6 is 0 Å². The lowest BCUT2D eigenvalue weighted by Gasteiger charge is -2.25. The maximum Gasteiger partial charge on any atom is 0.259 e. The van der Waals surface area contributed by atoms with Gasteiger partial charge in [-0.15, -0.1) is 0 Å². The van der Waals surface area contributed by atoms with E-state index in [0.29, 0.717) is 24.9 Å². The Kier molecular flexibility index (Phi) is 6.40. The molecule has 0 fully saturated rings. The predicted octanol–water partition coefficient (Wildman–Crippen LogP) is 3.63. The molecule has 0 saturated carbocycles. The van der Waals surface area contributed by atoms with Crippen molar-refractivity contribution in [1.82, 2.24) is 5.32 Å². The molecule has 0 saturated heterocycles. The highest BCUT2D eigenvalue weighted by Crippen LogP contribution is 2.33. The van der Waals surface area contributed by atoms with E-state index in [-0.39, 0.29) is 11.8 Å². The smallest absolute Gasteiger partial charge is 0.259 e. The number of hydrogen-bond acceptors (Lipinski definition) is 4. The molecule has 1 heterocycles. The first-order chi connectivity index (χ1) is 15.6. The van der Waals surface area contributed by atoms with Gasteiger partial charge in [-0.1, -0.05) is 36.4 Å². The molecule has 6 heteroatoms. The fraction of sp³-hybridized carbons (Fsp3) is 0.231. The normalized spacial score (nSPS) is 14.6. The van der Waals surface area contributed by atoms with E-state index < -0.39 is 6.04 Å². The topological polar surface area (TPSA) is 67.9 Å². The van der Waals surface area contributed by atoms with Crippen LogP contribution in [0.25, 0.3) is 0 Å². The molecule has 0 radical (unpaired) electrons. The molecule has 32 heavy (non-hydrogen) atoms. The van der Waals surface area contributed by atoms with Crippen molar-refractivity contribution in [2.45, 2.75) is 18.9 Å². The zero-order valence-corrected chi connectivity index (χ0v) is 18.2. The van der Waals surface area contributed by atoms with Gasteiger partial charge in [0.2, 0.25) is 5.91 Å². The highest BCUT2D eigenvalue weighted by Gasteiger charge is 2.38. The number of nitrogens with zero attached hydrogens (tertiary/aromatic N) is 1. The molecular weight excluding hydrogens is 404 g/mol. The first kappa shape index (κ1) is 21.4. The van der Waals surface area contributed by atoms with Crippen molar-refractivity contribution in [2.75, 3.05) is 25.7 Å². The Balaban J connectivity index is 1.50. The van der Waals surface area contributed by atoms with Crippen LogP contribution in [0.15, 0.2) is 72.8 Å². The molecule has 0 spiro atoms. The van der Waals surface area contributed by atoms with Crippen molar-refractivity contribution < 1.29 is 19.1 Å². The van der Waals surface area contributed by atoms with Crippen LogP contribution in [0.4, 0.5) is 5.69 Å². The number of para-hydroxylation sites is 1. The second kappa shape index (κ2) is 9.56. The third-order valence-corrected chi connectivity index (χ3v) is 5.70. The van der Waals surface area contributed by atoms with Crippen LogP contribution in [-0.4, -0.2) is 38.6 Å². The Hall–Kier alpha value is -3.80. The number of ether oxygens (including phenoxy) is 2. The van der Waals surface area contributed by atoms with E-state index in [0.717, 1.165) is 28.3 Å². The Labute approximate surface area is 187 Å². The maximum absolute atomic E-state index is 13.3. The van der Waals surface area contributed by atoms with Gasteiger partial charge in [0.15, 0.2) is 0 Å². The number of carbonyl (C=O) groups excluding carboxylic acids is 2. The summed E-state index contributed by atoms with van der Waals surface area (Å²) in [6, 6.07) is 21.7. The van der Waals surface area contributed by atoms with Gasteiger partial charge in [-0.05, 0) is 53.9 Å². The van der Waals surface area contributed by atoms with Gasteiger partial charge in [-0.2, -0.15) is 0 Å². The average Bonchev–Trinajstić information content (AvgIpc) is 3.23. The van der Waals surface area contributed by atoms with Gasteiger partial charge >= 0.3 is 0 Å². The Morgan fingerprint density at radius 3 is 2.47 bits per heavy atom. The van der Waals surface area contributed by atoms with E-state index in [1.165, 1.54) is 0 Å². The quantitative estimate of drug-likeness (QED) is 0.622. The first-order valence-corrected chi connectivity index (χ1v) is 10.6. The van der Waals surface area contributed by atoms with Gasteiger partial charge < -0.3 is 14.8 Å². The van der Waals surface area contributed by atoms with Crippen LogP contribution in [0, 0.1) is 0 Å². The molecule has 4 rings (SSSR count). The molecule has 3 aromatic rings. The fourth-order valence-corrected chi connectivity index (χ4v) is 4.08. The molecule has 1 atom stereocenters. The lowest BCUT2D eigenvalue weighted by molar-refractivity contribution is -0.122. The number of fused-ring (bicyclic) bond motifs is 1. The van der Waals surface area contributed by atoms with Crippen molar-refractivity contribution in [3.8, 4) is 11.5 Å². The largest absolute Gasteiger partial charge is 0.497 e. The SMILES string of the molecule is COc1ccc(OC)c(CCNC(=O)C2Cc3ccccc3N2C(=O)c2ccccc2)c1. The molecule has 0 aliphatic carbocycles. The number of anilines is 1. The summed E-state index contributed by atoms with van der Waals surface area (Å²) in [6.07, 6.45) is 1.07. The molecular formula is C26H26N2O4. The Morgan fingerprint density at radius 1 is 0.969 bits per heavy atom. The zero-order chi connectivity index (χ0) is 22.5. The molecule has 164 valence electrons. The highest BCUT2D eigenvalue weighted by atomic mass is 16.5. The van der Waals surface area contributed by atoms with Crippen LogP contribution < -0.4 is 19.7 Å². The molecule has 0 bridgehead atoms. The van der Waals surface area contributed by atoms with Crippen LogP contribution in [0.2, 0.25) is 0 Å². The molecule has 0 aromatic heterocycles. The summed E-state index contributed by atoms with van der Waals surface area (Å²) in [5.41, 5.74) is 3.28. The van der Waals surface area contributed by atoms with Crippen molar-refractivity contribution in [3.05, 3.63) is 89.5 Å². The van der Waals surface area contributed by atoms with E-state index in [2.05, 4.69) is 5.32 Å². The number of rotatable bonds is 7. The van der Waals surface area contributed by atoms with Crippen LogP contribution in [0.1, 0.15) is 21.5 Å². The Morgan fingerprint density at radius 2 is 1.72 bits per heavy atom. The first-order valence-electron chi connectivity index (χ1n) is 10.6. The predicted molar refractivity (Wildman–Crippen MR) is 123 cm³/mol. The number of nitrogens with one attached hydrogen (secondary N) is 1. The van der Waals surface area contributed by atoms with E-state index in [1.54, 1.807) is 31.3 Å². The molecule has 1 N–H and O–H groups in total. The van der Waals surface area contributed by atoms with Gasteiger partial charge in [0, 0.05) is 24.2 Å². The van der Waals surface area contributed by atoms with Crippen LogP contribution in [0.5, 0.6) is 11.5 Å². The average molecular weight is 431 g/mol. The second-order valence-electron chi connectivity index (χ2n) is 7.61. The number of hydrogen-bond donors (Lipinski definition) is 1. The van der Waals surface area contributed by atoms with Gasteiger partial charge in [0.25, 0.3) is 5.91 Å². The van der Waals surface area contributed by atoms with E-state index in [9.17, 15) is 9.59 Å². The highest BCUT2D eigenvalue weighted by molar-refractivity contribution is 6.11. The number of benzene rings is 3. The summed E-state index contributed by atoms with van der Waals surface area (Å²) in [5.74, 6) is 1.13. The Bertz CT molecular complexity index is 1110. The molecule has 1 aliphatic heterocycles. The summed E-state index contributed by atoms with van der Waals surface area (Å²) >= 11 is 0. The van der Waals surface area contributed by atoms with Crippen molar-refractivity contribution in [2.24, 2.45) is 0 Å². The number of amides is 2. The zero-order valence-electron chi connectivity index (χ0n) is 18.2. The van der Waals surface area contributed by atoms with Gasteiger partial charge in [-0.25, -0.2) is 0 Å². The van der Waals surface area contributed by atoms with E-state index in [1.807, 2.05) is 60.7 Å². The third-order valence-electron chi connectivity index (χ3n) is 5.70. The molecule has 1 unspecified atom stereocenters. The lowest BCUT2D eigenvalue weighted by atomic mass is 10.1. The van der Waals surface area contributed by atoms with Crippen LogP contribution in [0.3, 0.4) is 0 Å². The second-order valence-corrected chi connectivity index (χ2v) is 7.61. The fourth-order valence-electron chi connectivity index (χ4n) is 4.08. The monoisotopic (exact) mass is 430 g/mol. The van der Waals surface area contributed by atoms with Crippen molar-refractivity contribution >= 4 is 17.5 Å². The minimum atomic E-state index is -0.590. The van der Waals surface area contributed by atoms with Crippen molar-refractivity contribution in [1.29, 1.82) is 0 Å². The maximum atomic E-state index is 13.3. The number of methoxy groups -OCH3 is 2. The molecule has 6 nitrogen and oxygen atoms in total. The summed E-state index contributed by atoms with van der Waals surface area (Å²) in [4.78, 5) is 28.1. The number of carbonyl (C=O) groups is 2. The van der Waals surface area contributed by atoms with E-state index >= 15 is 0 Å². The van der Waals surface area contributed by atoms with E-state index in [4.69, 9.17) is 9.47 Å². The van der Waals surface area contributed by atoms with Crippen molar-refractivity contribution in [3.63, 3.8) is 0 Å². The minimum Gasteiger partial charge on any atom is -0.497 e. The summed E-state index contributed by atoms with van der Waals surface area (Å²) in [5, 5.41) is 3.00. The van der Waals surface area contributed by atoms with Gasteiger partial charge in [-0.3, -0.25) is 14.5 Å². The standard InChI is InChI=1S/C26H26N2O4/c1-31-21-12-13-24(32-2)20(16-21)14-15-27-25(29)23-17-19-10-6-7-11-22(19)28(23)26(30)18-8-4-3-5-9-18/h3-13,16,23H,14-15,17H2,1-2H3,(H,27,29). The lowest BCUT2D eigenvalue weighted by Crippen LogP contribution is -2.48.